The molecular formula is C18H29NO2. The minimum Gasteiger partial charge on any atom is -0.393 e. The van der Waals surface area contributed by atoms with E-state index in [0.717, 1.165) is 18.8 Å². The van der Waals surface area contributed by atoms with Crippen LogP contribution >= 0.6 is 0 Å². The van der Waals surface area contributed by atoms with E-state index in [9.17, 15) is 10.2 Å². The molecule has 3 N–H and O–H groups in total. The maximum atomic E-state index is 10.4. The molecule has 4 rings (SSSR count). The van der Waals surface area contributed by atoms with E-state index in [1.54, 1.807) is 0 Å². The van der Waals surface area contributed by atoms with Crippen molar-refractivity contribution in [3.05, 3.63) is 12.2 Å². The van der Waals surface area contributed by atoms with Gasteiger partial charge in [0.1, 0.15) is 6.23 Å². The Kier molecular flexibility index (Phi) is 3.09. The molecule has 0 amide bonds. The first-order chi connectivity index (χ1) is 9.95. The third-order valence-electron chi connectivity index (χ3n) is 7.74. The molecule has 3 aliphatic carbocycles. The van der Waals surface area contributed by atoms with E-state index in [0.29, 0.717) is 17.9 Å². The topological polar surface area (TPSA) is 52.5 Å². The molecule has 0 aromatic rings. The molecule has 1 heterocycles. The Balaban J connectivity index is 1.67. The van der Waals surface area contributed by atoms with Crippen molar-refractivity contribution in [3.63, 3.8) is 0 Å². The van der Waals surface area contributed by atoms with Crippen molar-refractivity contribution in [1.29, 1.82) is 0 Å². The van der Waals surface area contributed by atoms with Gasteiger partial charge in [-0.3, -0.25) is 5.32 Å². The van der Waals surface area contributed by atoms with E-state index in [4.69, 9.17) is 0 Å². The Morgan fingerprint density at radius 1 is 1.00 bits per heavy atom. The number of aliphatic hydroxyl groups excluding tert-OH is 2. The molecule has 3 nitrogen and oxygen atoms in total. The lowest BCUT2D eigenvalue weighted by Gasteiger charge is -2.59. The highest BCUT2D eigenvalue weighted by Gasteiger charge is 2.59. The highest BCUT2D eigenvalue weighted by Crippen LogP contribution is 2.63. The maximum Gasteiger partial charge on any atom is 0.124 e. The minimum absolute atomic E-state index is 0.0872. The van der Waals surface area contributed by atoms with Gasteiger partial charge >= 0.3 is 0 Å². The normalized spacial score (nSPS) is 59.2. The largest absolute Gasteiger partial charge is 0.393 e. The van der Waals surface area contributed by atoms with Gasteiger partial charge in [0.05, 0.1) is 6.10 Å². The summed E-state index contributed by atoms with van der Waals surface area (Å²) in [6.45, 7) is 4.72. The standard InChI is InChI=1S/C18H29NO2/c1-17-10-8-16(21)19-14(17)5-3-11-12-4-6-15(20)18(12,2)9-7-13(11)17/h8,10-16,19-21H,3-7,9H2,1-2H3. The van der Waals surface area contributed by atoms with Crippen molar-refractivity contribution in [2.45, 2.75) is 70.7 Å². The van der Waals surface area contributed by atoms with Gasteiger partial charge in [-0.05, 0) is 67.8 Å². The number of hydrogen-bond donors (Lipinski definition) is 3. The molecule has 0 spiro atoms. The van der Waals surface area contributed by atoms with Gasteiger partial charge < -0.3 is 10.2 Å². The molecule has 4 aliphatic rings. The predicted molar refractivity (Wildman–Crippen MR) is 82.5 cm³/mol. The van der Waals surface area contributed by atoms with Crippen LogP contribution in [0.1, 0.15) is 52.4 Å². The van der Waals surface area contributed by atoms with Crippen LogP contribution in [0.15, 0.2) is 12.2 Å². The van der Waals surface area contributed by atoms with Crippen LogP contribution in [0.3, 0.4) is 0 Å². The van der Waals surface area contributed by atoms with Gasteiger partial charge in [0.15, 0.2) is 0 Å². The monoisotopic (exact) mass is 291 g/mol. The fourth-order valence-corrected chi connectivity index (χ4v) is 6.43. The summed E-state index contributed by atoms with van der Waals surface area (Å²) in [5.41, 5.74) is 0.340. The minimum atomic E-state index is -0.471. The van der Waals surface area contributed by atoms with Crippen LogP contribution in [-0.4, -0.2) is 28.6 Å². The second kappa shape index (κ2) is 4.56. The van der Waals surface area contributed by atoms with E-state index >= 15 is 0 Å². The van der Waals surface area contributed by atoms with Crippen LogP contribution in [-0.2, 0) is 0 Å². The lowest BCUT2D eigenvalue weighted by atomic mass is 9.48. The van der Waals surface area contributed by atoms with E-state index in [-0.39, 0.29) is 16.9 Å². The number of hydrogen-bond acceptors (Lipinski definition) is 3. The summed E-state index contributed by atoms with van der Waals surface area (Å²) in [6.07, 6.45) is 10.7. The van der Waals surface area contributed by atoms with Gasteiger partial charge in [-0.2, -0.15) is 0 Å². The van der Waals surface area contributed by atoms with Gasteiger partial charge in [0, 0.05) is 11.5 Å². The molecule has 8 atom stereocenters. The summed E-state index contributed by atoms with van der Waals surface area (Å²) in [6, 6.07) is 0.412. The van der Waals surface area contributed by atoms with Gasteiger partial charge in [-0.25, -0.2) is 0 Å². The van der Waals surface area contributed by atoms with Crippen LogP contribution in [0.25, 0.3) is 0 Å². The molecule has 8 unspecified atom stereocenters. The first kappa shape index (κ1) is 14.2. The molecule has 118 valence electrons. The molecule has 3 saturated carbocycles. The Bertz CT molecular complexity index is 464. The summed E-state index contributed by atoms with van der Waals surface area (Å²) in [4.78, 5) is 0. The number of nitrogens with one attached hydrogen (secondary N) is 1. The van der Waals surface area contributed by atoms with E-state index in [1.165, 1.54) is 25.7 Å². The Hall–Kier alpha value is -0.380. The number of fused-ring (bicyclic) bond motifs is 5. The fraction of sp³-hybridized carbons (Fsp3) is 0.889. The molecule has 0 radical (unpaired) electrons. The lowest BCUT2D eigenvalue weighted by Crippen LogP contribution is -2.60. The molecular weight excluding hydrogens is 262 g/mol. The van der Waals surface area contributed by atoms with Gasteiger partial charge in [0.25, 0.3) is 0 Å². The van der Waals surface area contributed by atoms with Gasteiger partial charge in [-0.15, -0.1) is 0 Å². The SMILES string of the molecule is CC12C=CC(O)NC1CCC1C2CCC2(C)C(O)CCC12. The van der Waals surface area contributed by atoms with Crippen molar-refractivity contribution >= 4 is 0 Å². The summed E-state index contributed by atoms with van der Waals surface area (Å²) in [7, 11) is 0. The second-order valence-corrected chi connectivity index (χ2v) is 8.48. The van der Waals surface area contributed by atoms with E-state index < -0.39 is 6.23 Å². The highest BCUT2D eigenvalue weighted by molar-refractivity contribution is 5.18. The van der Waals surface area contributed by atoms with E-state index in [1.807, 2.05) is 6.08 Å². The molecule has 3 heteroatoms. The third-order valence-corrected chi connectivity index (χ3v) is 7.74. The van der Waals surface area contributed by atoms with Crippen molar-refractivity contribution in [1.82, 2.24) is 5.32 Å². The molecule has 3 fully saturated rings. The van der Waals surface area contributed by atoms with Crippen LogP contribution in [0.2, 0.25) is 0 Å². The first-order valence-electron chi connectivity index (χ1n) is 8.77. The highest BCUT2D eigenvalue weighted by atomic mass is 16.3. The molecule has 0 saturated heterocycles. The van der Waals surface area contributed by atoms with E-state index in [2.05, 4.69) is 25.2 Å². The Morgan fingerprint density at radius 3 is 2.62 bits per heavy atom. The molecule has 0 aromatic heterocycles. The maximum absolute atomic E-state index is 10.4. The number of rotatable bonds is 0. The summed E-state index contributed by atoms with van der Waals surface area (Å²) >= 11 is 0. The zero-order chi connectivity index (χ0) is 14.8. The molecule has 21 heavy (non-hydrogen) atoms. The van der Waals surface area contributed by atoms with Crippen LogP contribution in [0.5, 0.6) is 0 Å². The van der Waals surface area contributed by atoms with Crippen molar-refractivity contribution in [3.8, 4) is 0 Å². The average Bonchev–Trinajstić information content (AvgIpc) is 2.76. The summed E-state index contributed by atoms with van der Waals surface area (Å²) in [5, 5.41) is 23.7. The van der Waals surface area contributed by atoms with Crippen molar-refractivity contribution < 1.29 is 10.2 Å². The average molecular weight is 291 g/mol. The van der Waals surface area contributed by atoms with Crippen LogP contribution in [0.4, 0.5) is 0 Å². The predicted octanol–water partition coefficient (Wildman–Crippen LogP) is 2.44. The third kappa shape index (κ3) is 1.83. The van der Waals surface area contributed by atoms with Crippen molar-refractivity contribution in [2.24, 2.45) is 28.6 Å². The second-order valence-electron chi connectivity index (χ2n) is 8.48. The van der Waals surface area contributed by atoms with Crippen LogP contribution in [0, 0.1) is 28.6 Å². The number of aliphatic hydroxyl groups is 2. The van der Waals surface area contributed by atoms with Crippen LogP contribution < -0.4 is 5.32 Å². The molecule has 0 aromatic carbocycles. The smallest absolute Gasteiger partial charge is 0.124 e. The quantitative estimate of drug-likeness (QED) is 0.601. The summed E-state index contributed by atoms with van der Waals surface area (Å²) in [5.74, 6) is 2.16. The Labute approximate surface area is 127 Å². The van der Waals surface area contributed by atoms with Gasteiger partial charge in [-0.1, -0.05) is 19.9 Å². The summed E-state index contributed by atoms with van der Waals surface area (Å²) < 4.78 is 0. The molecule has 1 aliphatic heterocycles. The molecule has 0 bridgehead atoms. The fourth-order valence-electron chi connectivity index (χ4n) is 6.43. The van der Waals surface area contributed by atoms with Gasteiger partial charge in [0.2, 0.25) is 0 Å². The zero-order valence-corrected chi connectivity index (χ0v) is 13.3. The Morgan fingerprint density at radius 2 is 1.81 bits per heavy atom. The van der Waals surface area contributed by atoms with Crippen molar-refractivity contribution in [2.75, 3.05) is 0 Å². The zero-order valence-electron chi connectivity index (χ0n) is 13.3. The lowest BCUT2D eigenvalue weighted by molar-refractivity contribution is -0.0902. The first-order valence-corrected chi connectivity index (χ1v) is 8.77.